The smallest absolute Gasteiger partial charge is 0.222 e. The molecule has 3 rings (SSSR count). The van der Waals surface area contributed by atoms with Crippen molar-refractivity contribution >= 4 is 5.91 Å². The van der Waals surface area contributed by atoms with Gasteiger partial charge in [0.2, 0.25) is 5.91 Å². The van der Waals surface area contributed by atoms with Crippen molar-refractivity contribution in [3.8, 4) is 0 Å². The van der Waals surface area contributed by atoms with Crippen LogP contribution in [-0.4, -0.2) is 27.1 Å². The molecule has 23 heavy (non-hydrogen) atoms. The van der Waals surface area contributed by atoms with Gasteiger partial charge in [0.25, 0.3) is 0 Å². The number of rotatable bonds is 4. The fourth-order valence-corrected chi connectivity index (χ4v) is 3.43. The molecule has 0 bridgehead atoms. The van der Waals surface area contributed by atoms with Crippen LogP contribution in [-0.2, 0) is 23.3 Å². The Morgan fingerprint density at radius 3 is 2.65 bits per heavy atom. The SMILES string of the molecule is CCn1cc(CN2CC(C)(c3ccccc3)CCC2=O)c(C)n1. The van der Waals surface area contributed by atoms with E-state index < -0.39 is 0 Å². The molecule has 0 N–H and O–H groups in total. The van der Waals surface area contributed by atoms with Crippen LogP contribution < -0.4 is 0 Å². The number of benzene rings is 1. The maximum atomic E-state index is 12.4. The normalized spacial score (nSPS) is 21.7. The molecule has 1 aliphatic heterocycles. The van der Waals surface area contributed by atoms with E-state index in [0.717, 1.165) is 30.8 Å². The summed E-state index contributed by atoms with van der Waals surface area (Å²) in [7, 11) is 0. The summed E-state index contributed by atoms with van der Waals surface area (Å²) in [6.45, 7) is 8.65. The van der Waals surface area contributed by atoms with Gasteiger partial charge in [-0.3, -0.25) is 9.48 Å². The van der Waals surface area contributed by atoms with E-state index in [1.54, 1.807) is 0 Å². The molecular weight excluding hydrogens is 286 g/mol. The van der Waals surface area contributed by atoms with Gasteiger partial charge in [0.15, 0.2) is 0 Å². The van der Waals surface area contributed by atoms with Gasteiger partial charge in [-0.05, 0) is 25.8 Å². The van der Waals surface area contributed by atoms with Gasteiger partial charge in [0.1, 0.15) is 0 Å². The first-order chi connectivity index (χ1) is 11.0. The predicted molar refractivity (Wildman–Crippen MR) is 91.1 cm³/mol. The lowest BCUT2D eigenvalue weighted by molar-refractivity contribution is -0.136. The van der Waals surface area contributed by atoms with Crippen molar-refractivity contribution in [3.05, 3.63) is 53.3 Å². The highest BCUT2D eigenvalue weighted by Gasteiger charge is 2.36. The zero-order valence-electron chi connectivity index (χ0n) is 14.2. The van der Waals surface area contributed by atoms with Crippen LogP contribution in [0.3, 0.4) is 0 Å². The van der Waals surface area contributed by atoms with Crippen LogP contribution in [0.4, 0.5) is 0 Å². The minimum absolute atomic E-state index is 0.0316. The van der Waals surface area contributed by atoms with Gasteiger partial charge in [-0.15, -0.1) is 0 Å². The van der Waals surface area contributed by atoms with Crippen LogP contribution in [0, 0.1) is 6.92 Å². The van der Waals surface area contributed by atoms with Crippen molar-refractivity contribution < 1.29 is 4.79 Å². The highest BCUT2D eigenvalue weighted by atomic mass is 16.2. The molecule has 2 aromatic rings. The highest BCUT2D eigenvalue weighted by molar-refractivity contribution is 5.77. The lowest BCUT2D eigenvalue weighted by Crippen LogP contribution is -2.47. The number of hydrogen-bond donors (Lipinski definition) is 0. The molecule has 1 aromatic carbocycles. The third-order valence-electron chi connectivity index (χ3n) is 4.99. The molecule has 1 aliphatic rings. The van der Waals surface area contributed by atoms with E-state index in [4.69, 9.17) is 0 Å². The molecule has 122 valence electrons. The fourth-order valence-electron chi connectivity index (χ4n) is 3.43. The van der Waals surface area contributed by atoms with Crippen molar-refractivity contribution in [2.75, 3.05) is 6.54 Å². The number of hydrogen-bond acceptors (Lipinski definition) is 2. The third kappa shape index (κ3) is 3.16. The minimum Gasteiger partial charge on any atom is -0.337 e. The molecule has 1 amide bonds. The summed E-state index contributed by atoms with van der Waals surface area (Å²) in [6, 6.07) is 10.6. The second kappa shape index (κ2) is 6.19. The first-order valence-corrected chi connectivity index (χ1v) is 8.38. The molecule has 4 heteroatoms. The van der Waals surface area contributed by atoms with E-state index in [1.807, 2.05) is 22.6 Å². The van der Waals surface area contributed by atoms with Crippen LogP contribution in [0.5, 0.6) is 0 Å². The molecule has 1 unspecified atom stereocenters. The zero-order chi connectivity index (χ0) is 16.4. The van der Waals surface area contributed by atoms with E-state index in [-0.39, 0.29) is 11.3 Å². The quantitative estimate of drug-likeness (QED) is 0.869. The molecule has 1 saturated heterocycles. The first kappa shape index (κ1) is 15.8. The molecule has 1 atom stereocenters. The lowest BCUT2D eigenvalue weighted by Gasteiger charge is -2.40. The maximum absolute atomic E-state index is 12.4. The number of nitrogens with zero attached hydrogens (tertiary/aromatic N) is 3. The van der Waals surface area contributed by atoms with Gasteiger partial charge in [-0.1, -0.05) is 37.3 Å². The number of piperidine rings is 1. The Morgan fingerprint density at radius 1 is 1.26 bits per heavy atom. The largest absolute Gasteiger partial charge is 0.337 e. The monoisotopic (exact) mass is 311 g/mol. The van der Waals surface area contributed by atoms with Crippen molar-refractivity contribution in [3.63, 3.8) is 0 Å². The summed E-state index contributed by atoms with van der Waals surface area (Å²) in [5.41, 5.74) is 3.52. The summed E-state index contributed by atoms with van der Waals surface area (Å²) < 4.78 is 1.94. The fraction of sp³-hybridized carbons (Fsp3) is 0.474. The van der Waals surface area contributed by atoms with E-state index in [0.29, 0.717) is 13.0 Å². The standard InChI is InChI=1S/C19H25N3O/c1-4-22-13-16(15(2)20-22)12-21-14-19(3,11-10-18(21)23)17-8-6-5-7-9-17/h5-9,13H,4,10-12,14H2,1-3H3. The van der Waals surface area contributed by atoms with Gasteiger partial charge >= 0.3 is 0 Å². The van der Waals surface area contributed by atoms with Crippen LogP contribution >= 0.6 is 0 Å². The number of aryl methyl sites for hydroxylation is 2. The first-order valence-electron chi connectivity index (χ1n) is 8.38. The Hall–Kier alpha value is -2.10. The second-order valence-corrected chi connectivity index (χ2v) is 6.77. The van der Waals surface area contributed by atoms with E-state index in [1.165, 1.54) is 5.56 Å². The average molecular weight is 311 g/mol. The Morgan fingerprint density at radius 2 is 2.00 bits per heavy atom. The predicted octanol–water partition coefficient (Wildman–Crippen LogP) is 3.29. The van der Waals surface area contributed by atoms with E-state index >= 15 is 0 Å². The van der Waals surface area contributed by atoms with Gasteiger partial charge in [-0.25, -0.2) is 0 Å². The Kier molecular flexibility index (Phi) is 4.24. The molecule has 2 heterocycles. The highest BCUT2D eigenvalue weighted by Crippen LogP contribution is 2.34. The lowest BCUT2D eigenvalue weighted by atomic mass is 9.75. The maximum Gasteiger partial charge on any atom is 0.222 e. The van der Waals surface area contributed by atoms with Gasteiger partial charge < -0.3 is 4.90 Å². The number of aromatic nitrogens is 2. The molecule has 1 aromatic heterocycles. The van der Waals surface area contributed by atoms with Crippen molar-refractivity contribution in [2.45, 2.75) is 52.1 Å². The summed E-state index contributed by atoms with van der Waals surface area (Å²) in [5, 5.41) is 4.49. The molecule has 0 saturated carbocycles. The molecule has 1 fully saturated rings. The summed E-state index contributed by atoms with van der Waals surface area (Å²) in [6.07, 6.45) is 3.60. The van der Waals surface area contributed by atoms with Crippen LogP contribution in [0.15, 0.2) is 36.5 Å². The van der Waals surface area contributed by atoms with Crippen LogP contribution in [0.2, 0.25) is 0 Å². The second-order valence-electron chi connectivity index (χ2n) is 6.77. The van der Waals surface area contributed by atoms with Crippen molar-refractivity contribution in [2.24, 2.45) is 0 Å². The number of carbonyl (C=O) groups excluding carboxylic acids is 1. The van der Waals surface area contributed by atoms with Gasteiger partial charge in [-0.2, -0.15) is 5.10 Å². The van der Waals surface area contributed by atoms with Gasteiger partial charge in [0, 0.05) is 43.2 Å². The average Bonchev–Trinajstić information content (AvgIpc) is 2.92. The number of carbonyl (C=O) groups is 1. The molecule has 4 nitrogen and oxygen atoms in total. The zero-order valence-corrected chi connectivity index (χ0v) is 14.2. The van der Waals surface area contributed by atoms with Crippen LogP contribution in [0.1, 0.15) is 43.5 Å². The van der Waals surface area contributed by atoms with E-state index in [2.05, 4.69) is 49.4 Å². The summed E-state index contributed by atoms with van der Waals surface area (Å²) >= 11 is 0. The Bertz CT molecular complexity index is 692. The third-order valence-corrected chi connectivity index (χ3v) is 4.99. The molecule has 0 aliphatic carbocycles. The molecule has 0 radical (unpaired) electrons. The Balaban J connectivity index is 1.81. The molecular formula is C19H25N3O. The van der Waals surface area contributed by atoms with Crippen molar-refractivity contribution in [1.82, 2.24) is 14.7 Å². The Labute approximate surface area is 138 Å². The summed E-state index contributed by atoms with van der Waals surface area (Å²) in [5.74, 6) is 0.252. The topological polar surface area (TPSA) is 38.1 Å². The number of amides is 1. The minimum atomic E-state index is 0.0316. The molecule has 0 spiro atoms. The summed E-state index contributed by atoms with van der Waals surface area (Å²) in [4.78, 5) is 14.4. The van der Waals surface area contributed by atoms with Crippen LogP contribution in [0.25, 0.3) is 0 Å². The van der Waals surface area contributed by atoms with E-state index in [9.17, 15) is 4.79 Å². The number of likely N-dealkylation sites (tertiary alicyclic amines) is 1. The van der Waals surface area contributed by atoms with Crippen molar-refractivity contribution in [1.29, 1.82) is 0 Å². The van der Waals surface area contributed by atoms with Gasteiger partial charge in [0.05, 0.1) is 5.69 Å².